The minimum Gasteiger partial charge on any atom is -0.502 e. The third kappa shape index (κ3) is 24.4. The number of carbonyl (C=O) groups is 8. The van der Waals surface area contributed by atoms with E-state index >= 15 is 0 Å². The first kappa shape index (κ1) is 98.8. The summed E-state index contributed by atoms with van der Waals surface area (Å²) in [5.41, 5.74) is 13.6. The highest BCUT2D eigenvalue weighted by molar-refractivity contribution is 6.35. The van der Waals surface area contributed by atoms with Crippen molar-refractivity contribution in [2.45, 2.75) is 61.1 Å². The van der Waals surface area contributed by atoms with Crippen molar-refractivity contribution in [3.63, 3.8) is 0 Å². The Morgan fingerprint density at radius 3 is 1.56 bits per heavy atom. The maximum Gasteiger partial charge on any atom is 0.343 e. The van der Waals surface area contributed by atoms with Gasteiger partial charge in [0, 0.05) is 38.9 Å². The van der Waals surface area contributed by atoms with E-state index in [1.54, 1.807) is 34.8 Å². The van der Waals surface area contributed by atoms with E-state index in [1.165, 1.54) is 104 Å². The minimum atomic E-state index is -1.11. The Bertz CT molecular complexity index is 5780. The van der Waals surface area contributed by atoms with E-state index in [-0.39, 0.29) is 163 Å². The van der Waals surface area contributed by atoms with E-state index in [1.807, 2.05) is 29.2 Å². The molecule has 662 valence electrons. The van der Waals surface area contributed by atoms with Crippen molar-refractivity contribution in [2.75, 3.05) is 129 Å². The molecule has 0 aliphatic carbocycles. The number of nitrogen functional groups attached to an aromatic ring is 1. The molecular formula is C72H85Cl5N22O24. The number of aromatic carboxylic acids is 1. The van der Waals surface area contributed by atoms with Crippen molar-refractivity contribution < 1.29 is 112 Å². The van der Waals surface area contributed by atoms with Gasteiger partial charge in [-0.25, -0.2) is 48.4 Å². The Kier molecular flexibility index (Phi) is 37.9. The van der Waals surface area contributed by atoms with Crippen LogP contribution in [0.3, 0.4) is 0 Å². The van der Waals surface area contributed by atoms with Crippen LogP contribution < -0.4 is 51.5 Å². The van der Waals surface area contributed by atoms with Crippen LogP contribution >= 0.6 is 58.0 Å². The van der Waals surface area contributed by atoms with Gasteiger partial charge in [-0.3, -0.25) is 24.3 Å². The van der Waals surface area contributed by atoms with Crippen molar-refractivity contribution in [3.05, 3.63) is 142 Å². The number of nitrogens with zero attached hydrogens (tertiary/aromatic N) is 16. The largest absolute Gasteiger partial charge is 0.502 e. The molecule has 1 atom stereocenters. The number of carboxylic acids is 1. The van der Waals surface area contributed by atoms with Gasteiger partial charge in [-0.2, -0.15) is 48.7 Å². The van der Waals surface area contributed by atoms with E-state index in [0.29, 0.717) is 72.2 Å². The van der Waals surface area contributed by atoms with Crippen LogP contribution in [0.4, 0.5) is 23.3 Å². The molecule has 0 radical (unpaired) electrons. The Morgan fingerprint density at radius 1 is 0.593 bits per heavy atom. The number of anilines is 4. The van der Waals surface area contributed by atoms with Crippen LogP contribution in [0.15, 0.2) is 66.2 Å². The molecule has 1 aliphatic rings. The molecule has 0 amide bonds. The molecule has 14 N–H and O–H groups in total. The quantitative estimate of drug-likeness (QED) is 0.0117. The maximum atomic E-state index is 11.9. The molecule has 0 spiro atoms. The smallest absolute Gasteiger partial charge is 0.343 e. The number of aliphatic hydroxyl groups excluding tert-OH is 3. The summed E-state index contributed by atoms with van der Waals surface area (Å²) in [4.78, 5) is 122. The molecular weight excluding hydrogens is 1730 g/mol. The average molecular weight is 1820 g/mol. The van der Waals surface area contributed by atoms with Crippen LogP contribution in [0.5, 0.6) is 34.6 Å². The van der Waals surface area contributed by atoms with Crippen LogP contribution in [0.25, 0.3) is 28.2 Å². The lowest BCUT2D eigenvalue weighted by atomic mass is 10.2. The molecule has 0 saturated heterocycles. The number of aliphatic hydroxyl groups is 3. The van der Waals surface area contributed by atoms with Crippen molar-refractivity contribution in [1.29, 1.82) is 0 Å². The number of ether oxygens (including phenoxy) is 9. The number of methoxy groups -OCH3 is 5. The summed E-state index contributed by atoms with van der Waals surface area (Å²) >= 11 is 30.0. The first-order valence-electron chi connectivity index (χ1n) is 35.9. The lowest BCUT2D eigenvalue weighted by molar-refractivity contribution is -0.156. The first-order valence-corrected chi connectivity index (χ1v) is 37.8. The summed E-state index contributed by atoms with van der Waals surface area (Å²) in [6.07, 6.45) is 6.87. The number of carbonyl (C=O) groups excluding carboxylic acids is 7. The highest BCUT2D eigenvalue weighted by atomic mass is 35.5. The van der Waals surface area contributed by atoms with E-state index in [4.69, 9.17) is 113 Å². The normalized spacial score (nSPS) is 11.2. The summed E-state index contributed by atoms with van der Waals surface area (Å²) in [5.74, 6) is -2.21. The van der Waals surface area contributed by atoms with Crippen molar-refractivity contribution in [2.24, 2.45) is 5.73 Å². The van der Waals surface area contributed by atoms with Gasteiger partial charge in [0.1, 0.15) is 50.7 Å². The molecule has 0 saturated carbocycles. The number of ketones is 3. The zero-order valence-corrected chi connectivity index (χ0v) is 71.3. The SMILES string of the molecule is CC(=O)c1cnn2c(Cl)c(C)c(Cl)nc12.CCOC(=O)c1cn[nH]c1N.CCOC(=O)c1cnn2c(NCCO)c(O)c(Cl)nc12.CCOC(=O)c1cnn2c(NCCO)c(OC)c(Cl)nc12.COC(=O)C(OC)C(C)=O.COc1c(O)n2ncc(C(C)=O)c2[nH]c1=O.COc1ccc(CN2CCOc3c(Cl)nc4c(C(=O)O)cnn4c32)cc1.NCCO. The summed E-state index contributed by atoms with van der Waals surface area (Å²) in [6.45, 7) is 14.0. The van der Waals surface area contributed by atoms with Crippen LogP contribution in [0, 0.1) is 6.92 Å². The summed E-state index contributed by atoms with van der Waals surface area (Å²) in [7, 11) is 6.80. The minimum absolute atomic E-state index is 0.00956. The highest BCUT2D eigenvalue weighted by Gasteiger charge is 2.30. The molecule has 1 aliphatic heterocycles. The molecule has 13 rings (SSSR count). The second-order valence-electron chi connectivity index (χ2n) is 24.0. The highest BCUT2D eigenvalue weighted by Crippen LogP contribution is 2.40. The Hall–Kier alpha value is -13.1. The van der Waals surface area contributed by atoms with Gasteiger partial charge >= 0.3 is 29.8 Å². The lowest BCUT2D eigenvalue weighted by Crippen LogP contribution is -2.34. The molecule has 11 aromatic heterocycles. The van der Waals surface area contributed by atoms with E-state index in [9.17, 15) is 58.5 Å². The predicted octanol–water partition coefficient (Wildman–Crippen LogP) is 5.49. The zero-order valence-electron chi connectivity index (χ0n) is 67.6. The molecule has 0 bridgehead atoms. The molecule has 1 unspecified atom stereocenters. The van der Waals surface area contributed by atoms with Crippen LogP contribution in [-0.2, 0) is 39.8 Å². The molecule has 0 fully saturated rings. The molecule has 46 nitrogen and oxygen atoms in total. The fraction of sp³-hybridized carbons (Fsp3) is 0.347. The summed E-state index contributed by atoms with van der Waals surface area (Å²) in [6, 6.07) is 7.73. The molecule has 51 heteroatoms. The van der Waals surface area contributed by atoms with Crippen LogP contribution in [0.2, 0.25) is 25.8 Å². The number of fused-ring (bicyclic) bond motifs is 7. The number of nitrogens with two attached hydrogens (primary N) is 2. The van der Waals surface area contributed by atoms with E-state index in [0.717, 1.165) is 15.8 Å². The van der Waals surface area contributed by atoms with Crippen molar-refractivity contribution in [1.82, 2.24) is 83.2 Å². The maximum absolute atomic E-state index is 11.9. The predicted molar refractivity (Wildman–Crippen MR) is 442 cm³/mol. The van der Waals surface area contributed by atoms with E-state index in [2.05, 4.69) is 85.5 Å². The van der Waals surface area contributed by atoms with Gasteiger partial charge in [-0.05, 0) is 66.2 Å². The number of Topliss-reactive ketones (excluding diaryl/α,β-unsaturated/α-hetero) is 3. The van der Waals surface area contributed by atoms with Gasteiger partial charge in [-0.15, -0.1) is 0 Å². The Balaban J connectivity index is 0.000000225. The number of hydrogen-bond acceptors (Lipinski definition) is 38. The summed E-state index contributed by atoms with van der Waals surface area (Å²) < 4.78 is 50.6. The number of esters is 4. The number of aromatic amines is 2. The standard InChI is InChI=1S/C17H15ClN4O4.C12H15ClN4O4.C11H13ClN4O4.C9H7Cl2N3O.C9H9N3O4.C6H9N3O2.C6H10O4.C2H7NO/c1-25-11-4-2-10(3-5-11)9-21-6-7-26-13-14(18)20-15-12(17(23)24)8-19-22(15)16(13)21;1-3-21-12(19)7-6-15-17-10(7)16-9(13)8(20-2)11(17)14-4-5-18;1-2-20-11(19)6-5-14-16-9(6)15-8(12)7(18)10(16)13-3-4-17;1-4-7(10)13-9-6(5(2)15)3-12-14(9)8(4)11;1-4(13)5-3-10-12-7(5)11-8(14)6(16-2)9(12)15;1-2-11-6(10)4-3-8-9-5(4)7;1-4(7)5(9-2)6(8)10-3;3-1-2-4/h2-5,8H,6-7,9H2,1H3,(H,23,24);6,14,18H,3-5H2,1-2H3;5,13,17-18H,2-4H2,1H3;3H,1-2H3;3,15H,1-2H3,(H,11,14);3H,2H2,1H3,(H3,7,8,9);5H,1-3H3;4H,1-3H2. The fourth-order valence-corrected chi connectivity index (χ4v) is 11.4. The second kappa shape index (κ2) is 47.2. The zero-order chi connectivity index (χ0) is 91.2. The van der Waals surface area contributed by atoms with Crippen molar-refractivity contribution >= 4 is 157 Å². The van der Waals surface area contributed by atoms with Gasteiger partial charge in [0.05, 0.1) is 123 Å². The number of carboxylic acid groups (broad SMARTS) is 1. The lowest BCUT2D eigenvalue weighted by Gasteiger charge is -2.31. The number of aromatic hydroxyl groups is 2. The number of nitrogens with one attached hydrogen (secondary N) is 4. The van der Waals surface area contributed by atoms with Gasteiger partial charge in [-0.1, -0.05) is 70.1 Å². The topological polar surface area (TPSA) is 620 Å². The van der Waals surface area contributed by atoms with Gasteiger partial charge in [0.2, 0.25) is 11.9 Å². The first-order chi connectivity index (χ1) is 58.7. The molecule has 12 aromatic rings. The number of halogens is 5. The third-order valence-corrected chi connectivity index (χ3v) is 17.6. The molecule has 123 heavy (non-hydrogen) atoms. The van der Waals surface area contributed by atoms with E-state index < -0.39 is 47.4 Å². The Morgan fingerprint density at radius 2 is 1.07 bits per heavy atom. The van der Waals surface area contributed by atoms with Gasteiger partial charge in [0.15, 0.2) is 95.7 Å². The number of rotatable bonds is 24. The van der Waals surface area contributed by atoms with Crippen molar-refractivity contribution in [3.8, 4) is 34.6 Å². The number of aromatic nitrogens is 17. The summed E-state index contributed by atoms with van der Waals surface area (Å²) in [5, 5.41) is 86.8. The van der Waals surface area contributed by atoms with Gasteiger partial charge in [0.25, 0.3) is 11.4 Å². The molecule has 1 aromatic carbocycles. The monoisotopic (exact) mass is 1820 g/mol. The van der Waals surface area contributed by atoms with Crippen LogP contribution in [0.1, 0.15) is 115 Å². The third-order valence-electron chi connectivity index (χ3n) is 16.0. The fourth-order valence-electron chi connectivity index (χ4n) is 10.3. The Labute approximate surface area is 720 Å². The molecule has 12 heterocycles. The number of hydrogen-bond donors (Lipinski definition) is 12. The second-order valence-corrected chi connectivity index (χ2v) is 25.8. The number of H-pyrrole nitrogens is 2. The van der Waals surface area contributed by atoms with Gasteiger partial charge < -0.3 is 105 Å². The number of benzene rings is 1. The van der Waals surface area contributed by atoms with Crippen LogP contribution in [-0.4, -0.2) is 275 Å². The average Bonchev–Trinajstić information content (AvgIpc) is 1.48.